The topological polar surface area (TPSA) is 24.9 Å². The van der Waals surface area contributed by atoms with Crippen LogP contribution >= 0.6 is 15.9 Å². The van der Waals surface area contributed by atoms with Crippen LogP contribution in [-0.2, 0) is 6.54 Å². The summed E-state index contributed by atoms with van der Waals surface area (Å²) < 4.78 is 1.12. The molecule has 0 spiro atoms. The molecule has 0 atom stereocenters. The summed E-state index contributed by atoms with van der Waals surface area (Å²) in [5, 5.41) is 3.38. The lowest BCUT2D eigenvalue weighted by atomic mass is 10.2. The van der Waals surface area contributed by atoms with Crippen molar-refractivity contribution in [2.45, 2.75) is 13.5 Å². The lowest BCUT2D eigenvalue weighted by Crippen LogP contribution is -2.00. The summed E-state index contributed by atoms with van der Waals surface area (Å²) in [6.07, 6.45) is 3.66. The van der Waals surface area contributed by atoms with Crippen molar-refractivity contribution in [2.24, 2.45) is 0 Å². The van der Waals surface area contributed by atoms with Gasteiger partial charge in [-0.15, -0.1) is 0 Å². The predicted molar refractivity (Wildman–Crippen MR) is 70.4 cm³/mol. The van der Waals surface area contributed by atoms with Gasteiger partial charge in [0.1, 0.15) is 0 Å². The fourth-order valence-corrected chi connectivity index (χ4v) is 1.89. The van der Waals surface area contributed by atoms with Crippen molar-refractivity contribution in [2.75, 3.05) is 5.32 Å². The Morgan fingerprint density at radius 2 is 2.12 bits per heavy atom. The largest absolute Gasteiger partial charge is 0.380 e. The molecule has 0 saturated carbocycles. The Hall–Kier alpha value is -1.35. The number of rotatable bonds is 3. The minimum Gasteiger partial charge on any atom is -0.380 e. The smallest absolute Gasteiger partial charge is 0.0490 e. The SMILES string of the molecule is Cc1cccc(NCc2cccnc2)c1Br. The fraction of sp³-hybridized carbons (Fsp3) is 0.154. The lowest BCUT2D eigenvalue weighted by Gasteiger charge is -2.09. The Morgan fingerprint density at radius 3 is 2.88 bits per heavy atom. The highest BCUT2D eigenvalue weighted by Crippen LogP contribution is 2.25. The van der Waals surface area contributed by atoms with Gasteiger partial charge in [-0.3, -0.25) is 4.98 Å². The number of halogens is 1. The van der Waals surface area contributed by atoms with E-state index in [1.165, 1.54) is 11.1 Å². The third-order valence-electron chi connectivity index (χ3n) is 2.40. The molecule has 3 heteroatoms. The van der Waals surface area contributed by atoms with Gasteiger partial charge >= 0.3 is 0 Å². The lowest BCUT2D eigenvalue weighted by molar-refractivity contribution is 1.11. The van der Waals surface area contributed by atoms with E-state index in [-0.39, 0.29) is 0 Å². The zero-order valence-electron chi connectivity index (χ0n) is 9.07. The summed E-state index contributed by atoms with van der Waals surface area (Å²) in [7, 11) is 0. The summed E-state index contributed by atoms with van der Waals surface area (Å²) in [6.45, 7) is 2.87. The Kier molecular flexibility index (Phi) is 3.57. The van der Waals surface area contributed by atoms with E-state index >= 15 is 0 Å². The first kappa shape index (κ1) is 11.1. The molecule has 2 nitrogen and oxygen atoms in total. The number of hydrogen-bond donors (Lipinski definition) is 1. The highest BCUT2D eigenvalue weighted by atomic mass is 79.9. The highest BCUT2D eigenvalue weighted by molar-refractivity contribution is 9.10. The first-order chi connectivity index (χ1) is 7.77. The maximum Gasteiger partial charge on any atom is 0.0490 e. The Labute approximate surface area is 104 Å². The minimum atomic E-state index is 0.788. The van der Waals surface area contributed by atoms with Crippen LogP contribution in [0.15, 0.2) is 47.2 Å². The van der Waals surface area contributed by atoms with Gasteiger partial charge in [0.25, 0.3) is 0 Å². The predicted octanol–water partition coefficient (Wildman–Crippen LogP) is 3.76. The molecule has 0 fully saturated rings. The van der Waals surface area contributed by atoms with E-state index in [9.17, 15) is 0 Å². The van der Waals surface area contributed by atoms with E-state index in [0.717, 1.165) is 16.7 Å². The number of anilines is 1. The van der Waals surface area contributed by atoms with E-state index < -0.39 is 0 Å². The van der Waals surface area contributed by atoms with Crippen LogP contribution in [0.5, 0.6) is 0 Å². The summed E-state index contributed by atoms with van der Waals surface area (Å²) >= 11 is 3.58. The third kappa shape index (κ3) is 2.61. The van der Waals surface area contributed by atoms with Crippen LogP contribution in [0.25, 0.3) is 0 Å². The number of nitrogens with one attached hydrogen (secondary N) is 1. The van der Waals surface area contributed by atoms with Crippen molar-refractivity contribution >= 4 is 21.6 Å². The number of pyridine rings is 1. The van der Waals surface area contributed by atoms with Crippen LogP contribution in [0.2, 0.25) is 0 Å². The quantitative estimate of drug-likeness (QED) is 0.923. The normalized spacial score (nSPS) is 10.1. The van der Waals surface area contributed by atoms with Gasteiger partial charge in [0.05, 0.1) is 0 Å². The standard InChI is InChI=1S/C13H13BrN2/c1-10-4-2-6-12(13(10)14)16-9-11-5-3-7-15-8-11/h2-8,16H,9H2,1H3. The van der Waals surface area contributed by atoms with Crippen molar-refractivity contribution in [1.82, 2.24) is 4.98 Å². The molecule has 0 saturated heterocycles. The van der Waals surface area contributed by atoms with E-state index in [2.05, 4.69) is 51.4 Å². The molecule has 1 heterocycles. The average Bonchev–Trinajstić information content (AvgIpc) is 2.32. The molecule has 0 aliphatic rings. The van der Waals surface area contributed by atoms with E-state index in [1.807, 2.05) is 18.3 Å². The van der Waals surface area contributed by atoms with Crippen molar-refractivity contribution < 1.29 is 0 Å². The Bertz CT molecular complexity index is 469. The first-order valence-electron chi connectivity index (χ1n) is 5.15. The van der Waals surface area contributed by atoms with Crippen LogP contribution in [0, 0.1) is 6.92 Å². The molecule has 0 bridgehead atoms. The van der Waals surface area contributed by atoms with Gasteiger partial charge in [0, 0.05) is 29.1 Å². The molecule has 0 amide bonds. The number of nitrogens with zero attached hydrogens (tertiary/aromatic N) is 1. The van der Waals surface area contributed by atoms with Crippen LogP contribution < -0.4 is 5.32 Å². The summed E-state index contributed by atoms with van der Waals surface area (Å²) in [4.78, 5) is 4.09. The maximum atomic E-state index is 4.09. The van der Waals surface area contributed by atoms with Gasteiger partial charge in [0.15, 0.2) is 0 Å². The van der Waals surface area contributed by atoms with Gasteiger partial charge in [-0.2, -0.15) is 0 Å². The second-order valence-corrected chi connectivity index (χ2v) is 4.44. The van der Waals surface area contributed by atoms with Crippen molar-refractivity contribution in [3.8, 4) is 0 Å². The van der Waals surface area contributed by atoms with Gasteiger partial charge in [-0.25, -0.2) is 0 Å². The Morgan fingerprint density at radius 1 is 1.25 bits per heavy atom. The number of aromatic nitrogens is 1. The van der Waals surface area contributed by atoms with Gasteiger partial charge in [-0.05, 0) is 46.1 Å². The third-order valence-corrected chi connectivity index (χ3v) is 3.45. The zero-order valence-corrected chi connectivity index (χ0v) is 10.7. The maximum absolute atomic E-state index is 4.09. The van der Waals surface area contributed by atoms with E-state index in [4.69, 9.17) is 0 Å². The monoisotopic (exact) mass is 276 g/mol. The molecule has 1 aromatic heterocycles. The fourth-order valence-electron chi connectivity index (χ4n) is 1.48. The van der Waals surface area contributed by atoms with Crippen LogP contribution in [0.3, 0.4) is 0 Å². The summed E-state index contributed by atoms with van der Waals surface area (Å²) in [5.74, 6) is 0. The van der Waals surface area contributed by atoms with Gasteiger partial charge < -0.3 is 5.32 Å². The number of aryl methyl sites for hydroxylation is 1. The van der Waals surface area contributed by atoms with Crippen molar-refractivity contribution in [3.05, 3.63) is 58.3 Å². The minimum absolute atomic E-state index is 0.788. The molecule has 82 valence electrons. The summed E-state index contributed by atoms with van der Waals surface area (Å²) in [6, 6.07) is 10.2. The van der Waals surface area contributed by atoms with Crippen LogP contribution in [0.1, 0.15) is 11.1 Å². The van der Waals surface area contributed by atoms with Crippen LogP contribution in [-0.4, -0.2) is 4.98 Å². The zero-order chi connectivity index (χ0) is 11.4. The van der Waals surface area contributed by atoms with Crippen LogP contribution in [0.4, 0.5) is 5.69 Å². The Balaban J connectivity index is 2.08. The first-order valence-corrected chi connectivity index (χ1v) is 5.94. The second kappa shape index (κ2) is 5.12. The van der Waals surface area contributed by atoms with Crippen molar-refractivity contribution in [3.63, 3.8) is 0 Å². The van der Waals surface area contributed by atoms with Crippen molar-refractivity contribution in [1.29, 1.82) is 0 Å². The number of benzene rings is 1. The average molecular weight is 277 g/mol. The molecule has 0 unspecified atom stereocenters. The van der Waals surface area contributed by atoms with E-state index in [1.54, 1.807) is 6.20 Å². The molecule has 1 aromatic carbocycles. The molecular formula is C13H13BrN2. The van der Waals surface area contributed by atoms with Gasteiger partial charge in [0.2, 0.25) is 0 Å². The molecule has 2 aromatic rings. The van der Waals surface area contributed by atoms with E-state index in [0.29, 0.717) is 0 Å². The second-order valence-electron chi connectivity index (χ2n) is 3.65. The molecule has 0 aliphatic heterocycles. The number of hydrogen-bond acceptors (Lipinski definition) is 2. The summed E-state index contributed by atoms with van der Waals surface area (Å²) in [5.41, 5.74) is 3.52. The molecule has 2 rings (SSSR count). The highest BCUT2D eigenvalue weighted by Gasteiger charge is 2.01. The molecule has 0 aliphatic carbocycles. The molecule has 16 heavy (non-hydrogen) atoms. The molecule has 1 N–H and O–H groups in total. The molecular weight excluding hydrogens is 264 g/mol. The van der Waals surface area contributed by atoms with Gasteiger partial charge in [-0.1, -0.05) is 18.2 Å². The molecule has 0 radical (unpaired) electrons.